The van der Waals surface area contributed by atoms with Crippen LogP contribution in [0.15, 0.2) is 66.2 Å². The average molecular weight is 559 g/mol. The molecule has 1 aromatic heterocycles. The van der Waals surface area contributed by atoms with E-state index in [1.165, 1.54) is 16.2 Å². The predicted octanol–water partition coefficient (Wildman–Crippen LogP) is 7.20. The van der Waals surface area contributed by atoms with Gasteiger partial charge in [0.05, 0.1) is 21.8 Å². The Bertz CT molecular complexity index is 1680. The minimum Gasteiger partial charge on any atom is -0.507 e. The summed E-state index contributed by atoms with van der Waals surface area (Å²) in [5.74, 6) is -0.932. The van der Waals surface area contributed by atoms with Crippen LogP contribution in [0.5, 0.6) is 5.75 Å². The topological polar surface area (TPSA) is 79.7 Å². The molecule has 2 aliphatic rings. The Labute approximate surface area is 235 Å². The highest BCUT2D eigenvalue weighted by Gasteiger charge is 2.48. The largest absolute Gasteiger partial charge is 0.507 e. The number of benzene rings is 3. The van der Waals surface area contributed by atoms with Crippen LogP contribution in [0.25, 0.3) is 16.0 Å². The maximum atomic E-state index is 13.6. The molecule has 4 aromatic rings. The van der Waals surface area contributed by atoms with Crippen molar-refractivity contribution in [2.75, 3.05) is 4.90 Å². The quantitative estimate of drug-likeness (QED) is 0.163. The third-order valence-corrected chi connectivity index (χ3v) is 8.50. The van der Waals surface area contributed by atoms with E-state index >= 15 is 0 Å². The van der Waals surface area contributed by atoms with Crippen LogP contribution < -0.4 is 9.64 Å². The molecule has 0 unspecified atom stereocenters. The predicted molar refractivity (Wildman–Crippen MR) is 155 cm³/mol. The van der Waals surface area contributed by atoms with Gasteiger partial charge in [-0.2, -0.15) is 0 Å². The molecular formula is C31H27ClN2O4S. The molecule has 0 bridgehead atoms. The van der Waals surface area contributed by atoms with Gasteiger partial charge in [0.1, 0.15) is 17.6 Å². The van der Waals surface area contributed by atoms with E-state index in [1.54, 1.807) is 30.3 Å². The van der Waals surface area contributed by atoms with Crippen molar-refractivity contribution in [2.24, 2.45) is 0 Å². The monoisotopic (exact) mass is 558 g/mol. The molecule has 1 fully saturated rings. The van der Waals surface area contributed by atoms with E-state index in [2.05, 4.69) is 25.8 Å². The lowest BCUT2D eigenvalue weighted by molar-refractivity contribution is -0.132. The minimum absolute atomic E-state index is 0.0349. The molecule has 8 heteroatoms. The Balaban J connectivity index is 1.53. The summed E-state index contributed by atoms with van der Waals surface area (Å²) in [5.41, 5.74) is 3.89. The first-order valence-electron chi connectivity index (χ1n) is 12.8. The van der Waals surface area contributed by atoms with Crippen molar-refractivity contribution >= 4 is 55.7 Å². The van der Waals surface area contributed by atoms with Crippen molar-refractivity contribution in [1.29, 1.82) is 0 Å². The summed E-state index contributed by atoms with van der Waals surface area (Å²) in [7, 11) is 0. The number of carbonyl (C=O) groups is 2. The Morgan fingerprint density at radius 2 is 1.82 bits per heavy atom. The molecule has 3 heterocycles. The first kappa shape index (κ1) is 25.6. The second-order valence-electron chi connectivity index (χ2n) is 11.1. The van der Waals surface area contributed by atoms with E-state index in [1.807, 2.05) is 37.3 Å². The standard InChI is InChI=1S/C31H27ClN2O4S/c1-16-13-19-14-18(7-12-23(19)38-16)27(35)25-26(17-5-8-20(9-6-17)31(2,3)4)34(29(37)28(25)36)30-33-22-11-10-21(32)15-24(22)39-30/h5-12,14-16,26,35H,13H2,1-4H3/b27-25+/t16-,26-/m1/s1. The van der Waals surface area contributed by atoms with E-state index in [4.69, 9.17) is 16.3 Å². The number of fused-ring (bicyclic) bond motifs is 2. The first-order valence-corrected chi connectivity index (χ1v) is 14.0. The molecule has 1 saturated heterocycles. The number of aromatic nitrogens is 1. The number of hydrogen-bond donors (Lipinski definition) is 1. The van der Waals surface area contributed by atoms with E-state index in [0.29, 0.717) is 33.2 Å². The number of ketones is 1. The fraction of sp³-hybridized carbons (Fsp3) is 0.258. The fourth-order valence-corrected chi connectivity index (χ4v) is 6.49. The molecule has 0 radical (unpaired) electrons. The van der Waals surface area contributed by atoms with Gasteiger partial charge in [-0.25, -0.2) is 4.98 Å². The maximum absolute atomic E-state index is 13.6. The van der Waals surface area contributed by atoms with Crippen LogP contribution in [-0.2, 0) is 21.4 Å². The molecule has 2 atom stereocenters. The fourth-order valence-electron chi connectivity index (χ4n) is 5.22. The van der Waals surface area contributed by atoms with Crippen LogP contribution in [0.4, 0.5) is 5.13 Å². The zero-order chi connectivity index (χ0) is 27.6. The number of thiazole rings is 1. The molecule has 1 N–H and O–H groups in total. The van der Waals surface area contributed by atoms with Crippen molar-refractivity contribution < 1.29 is 19.4 Å². The molecule has 198 valence electrons. The van der Waals surface area contributed by atoms with Gasteiger partial charge in [-0.1, -0.05) is 68.0 Å². The Morgan fingerprint density at radius 3 is 2.54 bits per heavy atom. The molecule has 2 aliphatic heterocycles. The highest BCUT2D eigenvalue weighted by molar-refractivity contribution is 7.22. The number of halogens is 1. The molecule has 6 nitrogen and oxygen atoms in total. The van der Waals surface area contributed by atoms with Crippen LogP contribution in [0, 0.1) is 0 Å². The van der Waals surface area contributed by atoms with Crippen molar-refractivity contribution in [3.8, 4) is 5.75 Å². The third-order valence-electron chi connectivity index (χ3n) is 7.25. The molecule has 0 saturated carbocycles. The molecular weight excluding hydrogens is 532 g/mol. The summed E-state index contributed by atoms with van der Waals surface area (Å²) in [6.45, 7) is 8.35. The zero-order valence-electron chi connectivity index (χ0n) is 22.0. The summed E-state index contributed by atoms with van der Waals surface area (Å²) in [4.78, 5) is 33.2. The number of ether oxygens (including phenoxy) is 1. The summed E-state index contributed by atoms with van der Waals surface area (Å²) >= 11 is 7.48. The Hall–Kier alpha value is -3.68. The molecule has 1 amide bonds. The Morgan fingerprint density at radius 1 is 1.08 bits per heavy atom. The van der Waals surface area contributed by atoms with E-state index in [-0.39, 0.29) is 22.9 Å². The van der Waals surface area contributed by atoms with E-state index < -0.39 is 17.7 Å². The van der Waals surface area contributed by atoms with Crippen molar-refractivity contribution in [2.45, 2.75) is 51.7 Å². The molecule has 3 aromatic carbocycles. The van der Waals surface area contributed by atoms with E-state index in [0.717, 1.165) is 21.6 Å². The lowest BCUT2D eigenvalue weighted by atomic mass is 9.85. The number of anilines is 1. The third kappa shape index (κ3) is 4.39. The van der Waals surface area contributed by atoms with Gasteiger partial charge in [0.2, 0.25) is 0 Å². The molecule has 6 rings (SSSR count). The maximum Gasteiger partial charge on any atom is 0.301 e. The second-order valence-corrected chi connectivity index (χ2v) is 12.6. The first-order chi connectivity index (χ1) is 18.5. The number of amides is 1. The van der Waals surface area contributed by atoms with E-state index in [9.17, 15) is 14.7 Å². The van der Waals surface area contributed by atoms with Gasteiger partial charge in [0.25, 0.3) is 5.78 Å². The van der Waals surface area contributed by atoms with Gasteiger partial charge >= 0.3 is 5.91 Å². The number of nitrogens with zero attached hydrogens (tertiary/aromatic N) is 2. The number of carbonyl (C=O) groups excluding carboxylic acids is 2. The van der Waals surface area contributed by atoms with Crippen LogP contribution in [0.1, 0.15) is 56.0 Å². The number of aliphatic hydroxyl groups is 1. The zero-order valence-corrected chi connectivity index (χ0v) is 23.6. The van der Waals surface area contributed by atoms with Gasteiger partial charge < -0.3 is 9.84 Å². The minimum atomic E-state index is -0.849. The number of Topliss-reactive ketones (excluding diaryl/α,β-unsaturated/α-hetero) is 1. The van der Waals surface area contributed by atoms with Crippen LogP contribution in [0.3, 0.4) is 0 Å². The normalized spacial score (nSPS) is 20.5. The number of hydrogen-bond acceptors (Lipinski definition) is 6. The van der Waals surface area contributed by atoms with Crippen LogP contribution in [0.2, 0.25) is 5.02 Å². The lowest BCUT2D eigenvalue weighted by Crippen LogP contribution is -2.29. The smallest absolute Gasteiger partial charge is 0.301 e. The summed E-state index contributed by atoms with van der Waals surface area (Å²) in [5, 5.41) is 12.5. The SMILES string of the molecule is C[C@@H]1Cc2cc(/C(O)=C3\C(=O)C(=O)N(c4nc5ccc(Cl)cc5s4)[C@@H]3c3ccc(C(C)(C)C)cc3)ccc2O1. The second kappa shape index (κ2) is 9.21. The summed E-state index contributed by atoms with van der Waals surface area (Å²) in [6.07, 6.45) is 0.744. The number of rotatable bonds is 3. The number of aliphatic hydroxyl groups excluding tert-OH is 1. The molecule has 0 aliphatic carbocycles. The van der Waals surface area contributed by atoms with Crippen molar-refractivity contribution in [3.63, 3.8) is 0 Å². The average Bonchev–Trinajstić information content (AvgIpc) is 3.55. The van der Waals surface area contributed by atoms with Gasteiger partial charge in [-0.3, -0.25) is 14.5 Å². The van der Waals surface area contributed by atoms with Crippen molar-refractivity contribution in [1.82, 2.24) is 4.98 Å². The highest BCUT2D eigenvalue weighted by atomic mass is 35.5. The summed E-state index contributed by atoms with van der Waals surface area (Å²) in [6, 6.07) is 17.7. The van der Waals surface area contributed by atoms with Gasteiger partial charge in [-0.15, -0.1) is 0 Å². The van der Waals surface area contributed by atoms with Gasteiger partial charge in [0, 0.05) is 17.0 Å². The molecule has 0 spiro atoms. The lowest BCUT2D eigenvalue weighted by Gasteiger charge is -2.24. The van der Waals surface area contributed by atoms with Crippen LogP contribution in [-0.4, -0.2) is 27.9 Å². The van der Waals surface area contributed by atoms with Crippen LogP contribution >= 0.6 is 22.9 Å². The van der Waals surface area contributed by atoms with Gasteiger partial charge in [0.15, 0.2) is 5.13 Å². The Kier molecular flexibility index (Phi) is 6.04. The van der Waals surface area contributed by atoms with Gasteiger partial charge in [-0.05, 0) is 65.4 Å². The van der Waals surface area contributed by atoms with Crippen molar-refractivity contribution in [3.05, 3.63) is 93.5 Å². The highest BCUT2D eigenvalue weighted by Crippen LogP contribution is 2.45. The summed E-state index contributed by atoms with van der Waals surface area (Å²) < 4.78 is 6.60. The molecule has 39 heavy (non-hydrogen) atoms.